The minimum atomic E-state index is -0.417. The zero-order valence-electron chi connectivity index (χ0n) is 41.8. The van der Waals surface area contributed by atoms with Crippen LogP contribution < -0.4 is 311 Å². The second-order valence-electron chi connectivity index (χ2n) is 2.04. The molecule has 0 aliphatic heterocycles. The maximum absolute atomic E-state index is 8.35. The normalized spacial score (nSPS) is 5.68. The summed E-state index contributed by atoms with van der Waals surface area (Å²) in [5, 5.41) is 0. The molecule has 0 aromatic rings. The molecule has 25 N–H and O–H groups in total. The molecule has 0 saturated heterocycles. The molecule has 0 saturated carbocycles. The van der Waals surface area contributed by atoms with E-state index in [0.717, 1.165) is 0 Å². The first kappa shape index (κ1) is 232. The average Bonchev–Trinajstić information content (AvgIpc) is 3.41. The van der Waals surface area contributed by atoms with Crippen molar-refractivity contribution in [2.24, 2.45) is 0 Å². The van der Waals surface area contributed by atoms with E-state index in [1.807, 2.05) is 0 Å². The third-order valence-electron chi connectivity index (χ3n) is 0. The van der Waals surface area contributed by atoms with Gasteiger partial charge in [-0.3, -0.25) is 0 Å². The molecule has 0 atom stereocenters. The molecule has 600 valence electrons. The zero-order chi connectivity index (χ0) is 81.2. The van der Waals surface area contributed by atoms with Gasteiger partial charge < -0.3 is 163 Å². The van der Waals surface area contributed by atoms with Crippen molar-refractivity contribution in [3.05, 3.63) is 0 Å². The number of halogens is 30. The molecule has 0 amide bonds. The van der Waals surface area contributed by atoms with Crippen LogP contribution >= 0.6 is 0 Å². The molecule has 0 aliphatic rings. The van der Waals surface area contributed by atoms with Crippen molar-refractivity contribution in [3.8, 4) is 0 Å². The van der Waals surface area contributed by atoms with Gasteiger partial charge in [-0.15, -0.1) is 116 Å². The first-order valence-corrected chi connectivity index (χ1v) is 28.9. The van der Waals surface area contributed by atoms with Crippen LogP contribution in [0, 0.1) is 340 Å². The Morgan fingerprint density at radius 1 is 0.0842 bits per heavy atom. The SMILES string of the molecule is [Na+].[Na+].[Na+].[Na+].[Na+].[O-][Cl+]O.[O-][Cl+]O.[O-][Cl+]O.[O-][Cl+]O.[O-][Cl+]O.[O-][Cl+]O.[O-][Cl+]O.[O-][Cl+]O.[O-][Cl+]O.[O-][Cl+]O.[O-][Cl+]O.[O-][Cl+]O.[O-][Cl+]O.[O-][Cl+]O.[O-][Cl+]O.[O-][Cl+]O.[O-][Cl+]O.[O-][Cl+]O.[O-][Cl+]O.[O-][Cl+]O.[O-][Cl+]O.[O-][Cl+]O.[O-][Cl+]O.[O-][Cl+]O.[O-][Cl+]O.[O-][Cl+][O-].[O-][Cl+][O-].[O-][Cl+][O-].[O-][Cl+][O-].[O-][Cl+][O-]. The second-order valence-corrected chi connectivity index (χ2v) is 6.12. The Kier molecular flexibility index (Phi) is 1640. The number of rotatable bonds is 0. The molecule has 0 rings (SSSR count). The first-order chi connectivity index (χ1) is 42.4. The van der Waals surface area contributed by atoms with Crippen molar-refractivity contribution in [3.63, 3.8) is 0 Å². The van der Waals surface area contributed by atoms with Gasteiger partial charge in [0.1, 0.15) is 0 Å². The summed E-state index contributed by atoms with van der Waals surface area (Å²) in [6.45, 7) is 0. The minimum Gasteiger partial charge on any atom is -0.544 e. The van der Waals surface area contributed by atoms with Crippen LogP contribution in [0.2, 0.25) is 0 Å². The van der Waals surface area contributed by atoms with E-state index in [9.17, 15) is 0 Å². The molecule has 0 aromatic carbocycles. The summed E-state index contributed by atoms with van der Waals surface area (Å²) < 4.78 is 463. The van der Waals surface area contributed by atoms with Gasteiger partial charge in [-0.1, -0.05) is 0 Å². The summed E-state index contributed by atoms with van der Waals surface area (Å²) in [6, 6.07) is 0. The van der Waals surface area contributed by atoms with Crippen LogP contribution in [0.3, 0.4) is 0 Å². The molecule has 0 aromatic heterocycles. The fraction of sp³-hybridized carbons (Fsp3) is 0. The number of hydrogen-bond donors (Lipinski definition) is 25. The van der Waals surface area contributed by atoms with E-state index in [1.54, 1.807) is 0 Å². The van der Waals surface area contributed by atoms with Crippen molar-refractivity contribution >= 4 is 0 Å². The van der Waals surface area contributed by atoms with Crippen LogP contribution in [-0.4, -0.2) is 116 Å². The molecule has 0 bridgehead atoms. The molecule has 0 radical (unpaired) electrons. The minimum absolute atomic E-state index is 0. The Labute approximate surface area is 755 Å². The Balaban J connectivity index is -0.0000000119. The molecule has 95 heavy (non-hydrogen) atoms. The van der Waals surface area contributed by atoms with Crippen molar-refractivity contribution in [1.82, 2.24) is 0 Å². The average molecular weight is 2160 g/mol. The third-order valence-corrected chi connectivity index (χ3v) is 0. The fourth-order valence-corrected chi connectivity index (χ4v) is 0. The van der Waals surface area contributed by atoms with Crippen LogP contribution in [0.1, 0.15) is 0 Å². The molecular formula is H25Cl30Na5O60. The van der Waals surface area contributed by atoms with Gasteiger partial charge in [-0.05, 0) is 0 Å². The molecule has 95 heteroatoms. The van der Waals surface area contributed by atoms with Crippen molar-refractivity contribution in [2.45, 2.75) is 0 Å². The van der Waals surface area contributed by atoms with Gasteiger partial charge >= 0.3 is 431 Å². The predicted molar refractivity (Wildman–Crippen MR) is 55.5 cm³/mol. The fourth-order valence-electron chi connectivity index (χ4n) is 0. The topological polar surface area (TPSA) is 1310 Å². The van der Waals surface area contributed by atoms with E-state index in [4.69, 9.17) is 280 Å². The molecular weight excluding hydrogens is 2140 g/mol. The van der Waals surface area contributed by atoms with E-state index in [-0.39, 0.29) is 431 Å². The van der Waals surface area contributed by atoms with Gasteiger partial charge in [-0.2, -0.15) is 0 Å². The Hall–Kier alpha value is 11.3. The van der Waals surface area contributed by atoms with Crippen LogP contribution in [0.15, 0.2) is 0 Å². The van der Waals surface area contributed by atoms with Crippen LogP contribution in [0.5, 0.6) is 0 Å². The van der Waals surface area contributed by atoms with Crippen molar-refractivity contribution < 1.29 is 767 Å². The van der Waals surface area contributed by atoms with Gasteiger partial charge in [-0.25, -0.2) is 0 Å². The van der Waals surface area contributed by atoms with Crippen LogP contribution in [-0.2, 0) is 0 Å². The molecule has 0 unspecified atom stereocenters. The smallest absolute Gasteiger partial charge is 0.544 e. The Morgan fingerprint density at radius 2 is 0.0842 bits per heavy atom. The molecule has 0 aliphatic carbocycles. The van der Waals surface area contributed by atoms with Gasteiger partial charge in [0.15, 0.2) is 0 Å². The van der Waals surface area contributed by atoms with E-state index >= 15 is 0 Å². The summed E-state index contributed by atoms with van der Waals surface area (Å²) >= 11 is -6.25. The monoisotopic (exact) mass is 2150 g/mol. The van der Waals surface area contributed by atoms with Crippen molar-refractivity contribution in [1.29, 1.82) is 0 Å². The van der Waals surface area contributed by atoms with E-state index < -0.39 is 56.6 Å². The van der Waals surface area contributed by atoms with Crippen LogP contribution in [0.25, 0.3) is 0 Å². The molecule has 60 nitrogen and oxygen atoms in total. The summed E-state index contributed by atoms with van der Waals surface area (Å²) in [7, 11) is 0. The molecule has 0 heterocycles. The standard InChI is InChI=1S/25ClHO2.5ClO2.5Na/c30*2-1-3;;;;;/h25*2H;;;;;;;;;;/q;;;;;;;;;;;;;;;;;;;;;;;;;5*-1;5*+1. The Morgan fingerprint density at radius 3 is 0.0842 bits per heavy atom. The predicted octanol–water partition coefficient (Wildman–Crippen LogP) is -70.5. The quantitative estimate of drug-likeness (QED) is 0.100. The summed E-state index contributed by atoms with van der Waals surface area (Å²) in [4.78, 5) is 0. The third kappa shape index (κ3) is 8800. The summed E-state index contributed by atoms with van der Waals surface area (Å²) in [6.07, 6.45) is 0. The van der Waals surface area contributed by atoms with E-state index in [1.165, 1.54) is 0 Å². The zero-order valence-corrected chi connectivity index (χ0v) is 74.5. The van der Waals surface area contributed by atoms with E-state index in [0.29, 0.717) is 0 Å². The molecule has 0 spiro atoms. The summed E-state index contributed by atoms with van der Waals surface area (Å²) in [5.41, 5.74) is 0. The van der Waals surface area contributed by atoms with Gasteiger partial charge in [0.2, 0.25) is 0 Å². The summed E-state index contributed by atoms with van der Waals surface area (Å²) in [5.74, 6) is 0. The van der Waals surface area contributed by atoms with E-state index in [2.05, 4.69) is 0 Å². The van der Waals surface area contributed by atoms with Gasteiger partial charge in [0.05, 0.1) is 56.6 Å². The van der Waals surface area contributed by atoms with Gasteiger partial charge in [0, 0.05) is 0 Å². The van der Waals surface area contributed by atoms with Gasteiger partial charge in [0.25, 0.3) is 0 Å². The maximum Gasteiger partial charge on any atom is 1.00 e. The molecule has 0 fully saturated rings. The maximum atomic E-state index is 8.35. The first-order valence-electron chi connectivity index (χ1n) is 9.63. The second kappa shape index (κ2) is 672. The van der Waals surface area contributed by atoms with Crippen LogP contribution in [0.4, 0.5) is 0 Å². The van der Waals surface area contributed by atoms with Crippen molar-refractivity contribution in [2.75, 3.05) is 0 Å². The Bertz CT molecular complexity index is 258. The number of hydrogen-bond acceptors (Lipinski definition) is 60. The largest absolute Gasteiger partial charge is 1.00 e.